The molecule has 2 rings (SSSR count). The van der Waals surface area contributed by atoms with Crippen molar-refractivity contribution in [3.05, 3.63) is 12.0 Å². The van der Waals surface area contributed by atoms with Crippen molar-refractivity contribution in [2.75, 3.05) is 19.6 Å². The smallest absolute Gasteiger partial charge is 0.411 e. The van der Waals surface area contributed by atoms with Gasteiger partial charge in [0.2, 0.25) is 0 Å². The first-order valence-corrected chi connectivity index (χ1v) is 3.76. The molecule has 0 aromatic heterocycles. The average molecular weight is 167 g/mol. The van der Waals surface area contributed by atoms with Crippen molar-refractivity contribution >= 4 is 12.3 Å². The Labute approximate surface area is 69.6 Å². The maximum absolute atomic E-state index is 10.6. The molecule has 0 fully saturated rings. The SMILES string of the molecule is O=C(O)N1C=C2N=CCN2CC1. The molecule has 0 radical (unpaired) electrons. The molecule has 64 valence electrons. The number of carboxylic acid groups (broad SMARTS) is 1. The number of fused-ring (bicyclic) bond motifs is 1. The molecule has 0 spiro atoms. The minimum Gasteiger partial charge on any atom is -0.465 e. The van der Waals surface area contributed by atoms with Gasteiger partial charge in [-0.05, 0) is 0 Å². The Bertz CT molecular complexity index is 272. The number of aliphatic imine (C=N–C) groups is 1. The zero-order chi connectivity index (χ0) is 8.55. The maximum atomic E-state index is 10.6. The van der Waals surface area contributed by atoms with Crippen LogP contribution in [0.3, 0.4) is 0 Å². The van der Waals surface area contributed by atoms with E-state index < -0.39 is 6.09 Å². The van der Waals surface area contributed by atoms with Crippen molar-refractivity contribution in [2.45, 2.75) is 0 Å². The van der Waals surface area contributed by atoms with Crippen molar-refractivity contribution in [3.63, 3.8) is 0 Å². The van der Waals surface area contributed by atoms with Crippen molar-refractivity contribution < 1.29 is 9.90 Å². The van der Waals surface area contributed by atoms with E-state index in [2.05, 4.69) is 4.99 Å². The van der Waals surface area contributed by atoms with Crippen LogP contribution in [0.15, 0.2) is 17.0 Å². The van der Waals surface area contributed by atoms with Gasteiger partial charge >= 0.3 is 6.09 Å². The molecule has 12 heavy (non-hydrogen) atoms. The summed E-state index contributed by atoms with van der Waals surface area (Å²) in [5.41, 5.74) is 0. The first kappa shape index (κ1) is 7.15. The Morgan fingerprint density at radius 2 is 2.42 bits per heavy atom. The highest BCUT2D eigenvalue weighted by molar-refractivity contribution is 5.68. The molecule has 5 heteroatoms. The second-order valence-electron chi connectivity index (χ2n) is 2.72. The van der Waals surface area contributed by atoms with E-state index in [0.29, 0.717) is 6.54 Å². The lowest BCUT2D eigenvalue weighted by Gasteiger charge is -2.27. The largest absolute Gasteiger partial charge is 0.465 e. The summed E-state index contributed by atoms with van der Waals surface area (Å²) in [5.74, 6) is 0.753. The Hall–Kier alpha value is -1.52. The molecule has 0 saturated heterocycles. The van der Waals surface area contributed by atoms with Gasteiger partial charge in [-0.25, -0.2) is 9.79 Å². The number of amides is 1. The molecule has 0 aromatic carbocycles. The fraction of sp³-hybridized carbons (Fsp3) is 0.429. The van der Waals surface area contributed by atoms with Crippen LogP contribution in [0.5, 0.6) is 0 Å². The van der Waals surface area contributed by atoms with E-state index in [9.17, 15) is 4.79 Å². The second-order valence-corrected chi connectivity index (χ2v) is 2.72. The van der Waals surface area contributed by atoms with Gasteiger partial charge in [0.25, 0.3) is 0 Å². The summed E-state index contributed by atoms with van der Waals surface area (Å²) in [7, 11) is 0. The predicted molar refractivity (Wildman–Crippen MR) is 42.9 cm³/mol. The Morgan fingerprint density at radius 1 is 1.58 bits per heavy atom. The van der Waals surface area contributed by atoms with Crippen LogP contribution < -0.4 is 0 Å². The van der Waals surface area contributed by atoms with Crippen LogP contribution in [0.25, 0.3) is 0 Å². The van der Waals surface area contributed by atoms with E-state index in [4.69, 9.17) is 5.11 Å². The van der Waals surface area contributed by atoms with Crippen LogP contribution in [0.4, 0.5) is 4.79 Å². The highest BCUT2D eigenvalue weighted by atomic mass is 16.4. The number of nitrogens with zero attached hydrogens (tertiary/aromatic N) is 3. The van der Waals surface area contributed by atoms with Gasteiger partial charge in [-0.15, -0.1) is 0 Å². The Kier molecular flexibility index (Phi) is 1.49. The molecule has 1 amide bonds. The molecule has 1 N–H and O–H groups in total. The summed E-state index contributed by atoms with van der Waals surface area (Å²) in [6.07, 6.45) is 2.44. The molecule has 5 nitrogen and oxygen atoms in total. The number of rotatable bonds is 0. The average Bonchev–Trinajstić information content (AvgIpc) is 2.49. The number of carbonyl (C=O) groups is 1. The molecule has 0 saturated carbocycles. The zero-order valence-electron chi connectivity index (χ0n) is 6.47. The lowest BCUT2D eigenvalue weighted by Crippen LogP contribution is -2.38. The van der Waals surface area contributed by atoms with E-state index in [1.165, 1.54) is 4.90 Å². The summed E-state index contributed by atoms with van der Waals surface area (Å²) in [5, 5.41) is 8.67. The van der Waals surface area contributed by atoms with E-state index >= 15 is 0 Å². The normalized spacial score (nSPS) is 20.8. The summed E-state index contributed by atoms with van der Waals surface area (Å²) in [6, 6.07) is 0. The summed E-state index contributed by atoms with van der Waals surface area (Å²) in [4.78, 5) is 17.9. The van der Waals surface area contributed by atoms with Crippen LogP contribution in [0.1, 0.15) is 0 Å². The van der Waals surface area contributed by atoms with Crippen molar-refractivity contribution in [1.29, 1.82) is 0 Å². The quantitative estimate of drug-likeness (QED) is 0.559. The molecular formula is C7H9N3O2. The summed E-state index contributed by atoms with van der Waals surface area (Å²) in [6.45, 7) is 2.07. The minimum absolute atomic E-state index is 0.530. The number of hydrogen-bond acceptors (Lipinski definition) is 3. The first-order chi connectivity index (χ1) is 5.77. The van der Waals surface area contributed by atoms with Gasteiger partial charge in [0.05, 0.1) is 12.7 Å². The summed E-state index contributed by atoms with van der Waals surface area (Å²) >= 11 is 0. The Morgan fingerprint density at radius 3 is 3.17 bits per heavy atom. The third kappa shape index (κ3) is 1.03. The van der Waals surface area contributed by atoms with Gasteiger partial charge in [-0.1, -0.05) is 0 Å². The zero-order valence-corrected chi connectivity index (χ0v) is 6.47. The van der Waals surface area contributed by atoms with E-state index in [0.717, 1.165) is 18.9 Å². The first-order valence-electron chi connectivity index (χ1n) is 3.76. The van der Waals surface area contributed by atoms with Crippen LogP contribution in [-0.4, -0.2) is 46.8 Å². The highest BCUT2D eigenvalue weighted by Gasteiger charge is 2.22. The number of hydrogen-bond donors (Lipinski definition) is 1. The van der Waals surface area contributed by atoms with Crippen molar-refractivity contribution in [2.24, 2.45) is 4.99 Å². The van der Waals surface area contributed by atoms with Gasteiger partial charge in [0.1, 0.15) is 5.82 Å². The molecule has 0 aromatic rings. The molecular weight excluding hydrogens is 158 g/mol. The lowest BCUT2D eigenvalue weighted by atomic mass is 10.4. The lowest BCUT2D eigenvalue weighted by molar-refractivity contribution is 0.153. The highest BCUT2D eigenvalue weighted by Crippen LogP contribution is 2.16. The van der Waals surface area contributed by atoms with Crippen LogP contribution in [0, 0.1) is 0 Å². The van der Waals surface area contributed by atoms with Crippen LogP contribution >= 0.6 is 0 Å². The monoisotopic (exact) mass is 167 g/mol. The minimum atomic E-state index is -0.913. The maximum Gasteiger partial charge on any atom is 0.411 e. The predicted octanol–water partition coefficient (Wildman–Crippen LogP) is 0.165. The van der Waals surface area contributed by atoms with Gasteiger partial charge in [-0.2, -0.15) is 0 Å². The van der Waals surface area contributed by atoms with Gasteiger partial charge in [-0.3, -0.25) is 4.90 Å². The molecule has 2 aliphatic heterocycles. The van der Waals surface area contributed by atoms with Crippen molar-refractivity contribution in [3.8, 4) is 0 Å². The van der Waals surface area contributed by atoms with E-state index in [1.54, 1.807) is 12.4 Å². The summed E-state index contributed by atoms with van der Waals surface area (Å²) < 4.78 is 0. The van der Waals surface area contributed by atoms with E-state index in [-0.39, 0.29) is 0 Å². The third-order valence-electron chi connectivity index (χ3n) is 1.98. The topological polar surface area (TPSA) is 56.1 Å². The molecule has 0 aliphatic carbocycles. The van der Waals surface area contributed by atoms with Crippen LogP contribution in [-0.2, 0) is 0 Å². The fourth-order valence-electron chi connectivity index (χ4n) is 1.31. The molecule has 0 atom stereocenters. The van der Waals surface area contributed by atoms with Gasteiger partial charge < -0.3 is 10.0 Å². The second kappa shape index (κ2) is 2.51. The third-order valence-corrected chi connectivity index (χ3v) is 1.98. The van der Waals surface area contributed by atoms with Gasteiger partial charge in [0, 0.05) is 19.3 Å². The van der Waals surface area contributed by atoms with E-state index in [1.807, 2.05) is 4.90 Å². The standard InChI is InChI=1S/C7H9N3O2/c11-7(12)10-4-3-9-2-1-8-6(9)5-10/h1,5H,2-4H2,(H,11,12). The molecule has 0 unspecified atom stereocenters. The van der Waals surface area contributed by atoms with Crippen molar-refractivity contribution in [1.82, 2.24) is 9.80 Å². The van der Waals surface area contributed by atoms with Gasteiger partial charge in [0.15, 0.2) is 0 Å². The molecule has 2 heterocycles. The Balaban J connectivity index is 2.19. The molecule has 2 aliphatic rings. The van der Waals surface area contributed by atoms with Crippen LogP contribution in [0.2, 0.25) is 0 Å². The fourth-order valence-corrected chi connectivity index (χ4v) is 1.31. The molecule has 0 bridgehead atoms.